The number of amides is 2. The number of carbonyl (C=O) groups excluding carboxylic acids is 2. The molecule has 2 amide bonds. The Morgan fingerprint density at radius 2 is 1.86 bits per heavy atom. The highest BCUT2D eigenvalue weighted by Crippen LogP contribution is 2.32. The van der Waals surface area contributed by atoms with Crippen molar-refractivity contribution in [3.63, 3.8) is 0 Å². The van der Waals surface area contributed by atoms with Crippen molar-refractivity contribution in [2.75, 3.05) is 12.1 Å². The third-order valence-electron chi connectivity index (χ3n) is 4.26. The quantitative estimate of drug-likeness (QED) is 0.628. The number of ether oxygens (including phenoxy) is 2. The second kappa shape index (κ2) is 8.35. The molecule has 1 aliphatic rings. The minimum atomic E-state index is -0.363. The summed E-state index contributed by atoms with van der Waals surface area (Å²) in [5, 5.41) is 5.58. The molecule has 0 radical (unpaired) electrons. The number of para-hydroxylation sites is 1. The molecule has 1 aromatic heterocycles. The summed E-state index contributed by atoms with van der Waals surface area (Å²) in [4.78, 5) is 24.8. The molecule has 0 bridgehead atoms. The topological polar surface area (TPSA) is 89.8 Å². The SMILES string of the molecule is O=C(/C=C/c1ccco1)Nc1ccccc1C(=O)NCc1ccc2c(c1)OCO2. The van der Waals surface area contributed by atoms with Crippen molar-refractivity contribution < 1.29 is 23.5 Å². The Kier molecular flexibility index (Phi) is 5.29. The Labute approximate surface area is 166 Å². The first kappa shape index (κ1) is 18.4. The molecule has 0 saturated heterocycles. The van der Waals surface area contributed by atoms with Crippen molar-refractivity contribution in [2.45, 2.75) is 6.54 Å². The van der Waals surface area contributed by atoms with E-state index in [1.165, 1.54) is 12.3 Å². The molecule has 2 heterocycles. The van der Waals surface area contributed by atoms with Crippen LogP contribution in [0.25, 0.3) is 6.08 Å². The average molecular weight is 390 g/mol. The Balaban J connectivity index is 1.40. The van der Waals surface area contributed by atoms with E-state index in [4.69, 9.17) is 13.9 Å². The fourth-order valence-electron chi connectivity index (χ4n) is 2.84. The van der Waals surface area contributed by atoms with Gasteiger partial charge >= 0.3 is 0 Å². The predicted molar refractivity (Wildman–Crippen MR) is 107 cm³/mol. The monoisotopic (exact) mass is 390 g/mol. The lowest BCUT2D eigenvalue weighted by atomic mass is 10.1. The van der Waals surface area contributed by atoms with Crippen molar-refractivity contribution in [1.82, 2.24) is 5.32 Å². The maximum Gasteiger partial charge on any atom is 0.253 e. The molecule has 3 aromatic rings. The summed E-state index contributed by atoms with van der Waals surface area (Å²) in [6.07, 6.45) is 4.43. The van der Waals surface area contributed by atoms with Crippen LogP contribution in [0.15, 0.2) is 71.4 Å². The zero-order valence-electron chi connectivity index (χ0n) is 15.4. The Bertz CT molecular complexity index is 1060. The van der Waals surface area contributed by atoms with Crippen LogP contribution in [0.4, 0.5) is 5.69 Å². The molecule has 0 spiro atoms. The van der Waals surface area contributed by atoms with Gasteiger partial charge in [-0.15, -0.1) is 0 Å². The summed E-state index contributed by atoms with van der Waals surface area (Å²) in [7, 11) is 0. The summed E-state index contributed by atoms with van der Waals surface area (Å²) < 4.78 is 15.8. The van der Waals surface area contributed by atoms with E-state index in [2.05, 4.69) is 10.6 Å². The Morgan fingerprint density at radius 3 is 2.72 bits per heavy atom. The van der Waals surface area contributed by atoms with E-state index in [-0.39, 0.29) is 18.6 Å². The second-order valence-electron chi connectivity index (χ2n) is 6.25. The van der Waals surface area contributed by atoms with E-state index in [9.17, 15) is 9.59 Å². The van der Waals surface area contributed by atoms with Crippen molar-refractivity contribution in [2.24, 2.45) is 0 Å². The molecule has 0 fully saturated rings. The highest BCUT2D eigenvalue weighted by Gasteiger charge is 2.15. The zero-order valence-corrected chi connectivity index (χ0v) is 15.4. The van der Waals surface area contributed by atoms with Gasteiger partial charge in [-0.3, -0.25) is 9.59 Å². The highest BCUT2D eigenvalue weighted by molar-refractivity contribution is 6.07. The van der Waals surface area contributed by atoms with Crippen molar-refractivity contribution in [3.05, 3.63) is 83.8 Å². The van der Waals surface area contributed by atoms with E-state index < -0.39 is 0 Å². The lowest BCUT2D eigenvalue weighted by molar-refractivity contribution is -0.111. The van der Waals surface area contributed by atoms with E-state index in [1.54, 1.807) is 42.5 Å². The number of nitrogens with one attached hydrogen (secondary N) is 2. The fourth-order valence-corrected chi connectivity index (χ4v) is 2.84. The average Bonchev–Trinajstić information content (AvgIpc) is 3.42. The van der Waals surface area contributed by atoms with Crippen LogP contribution >= 0.6 is 0 Å². The van der Waals surface area contributed by atoms with Crippen LogP contribution in [-0.2, 0) is 11.3 Å². The first-order valence-electron chi connectivity index (χ1n) is 8.97. The van der Waals surface area contributed by atoms with Gasteiger partial charge in [0.1, 0.15) is 5.76 Å². The van der Waals surface area contributed by atoms with Crippen LogP contribution < -0.4 is 20.1 Å². The van der Waals surface area contributed by atoms with Crippen LogP contribution in [0.2, 0.25) is 0 Å². The van der Waals surface area contributed by atoms with Crippen LogP contribution in [0.3, 0.4) is 0 Å². The summed E-state index contributed by atoms with van der Waals surface area (Å²) in [6, 6.07) is 15.8. The molecular weight excluding hydrogens is 372 g/mol. The van der Waals surface area contributed by atoms with Gasteiger partial charge in [0, 0.05) is 12.6 Å². The largest absolute Gasteiger partial charge is 0.465 e. The van der Waals surface area contributed by atoms with Gasteiger partial charge in [-0.1, -0.05) is 18.2 Å². The third kappa shape index (κ3) is 4.47. The third-order valence-corrected chi connectivity index (χ3v) is 4.26. The van der Waals surface area contributed by atoms with E-state index in [1.807, 2.05) is 18.2 Å². The molecule has 0 atom stereocenters. The lowest BCUT2D eigenvalue weighted by Crippen LogP contribution is -2.24. The van der Waals surface area contributed by atoms with Gasteiger partial charge in [0.2, 0.25) is 12.7 Å². The van der Waals surface area contributed by atoms with Crippen LogP contribution in [0.1, 0.15) is 21.7 Å². The first-order chi connectivity index (χ1) is 14.2. The van der Waals surface area contributed by atoms with Crippen LogP contribution in [0, 0.1) is 0 Å². The van der Waals surface area contributed by atoms with Crippen LogP contribution in [-0.4, -0.2) is 18.6 Å². The molecule has 29 heavy (non-hydrogen) atoms. The Hall–Kier alpha value is -4.00. The predicted octanol–water partition coefficient (Wildman–Crippen LogP) is 3.59. The van der Waals surface area contributed by atoms with Crippen molar-refractivity contribution in [3.8, 4) is 11.5 Å². The number of benzene rings is 2. The van der Waals surface area contributed by atoms with Gasteiger partial charge in [0.25, 0.3) is 5.91 Å². The molecule has 4 rings (SSSR count). The fraction of sp³-hybridized carbons (Fsp3) is 0.0909. The van der Waals surface area contributed by atoms with Crippen molar-refractivity contribution in [1.29, 1.82) is 0 Å². The van der Waals surface area contributed by atoms with Gasteiger partial charge in [-0.05, 0) is 48.0 Å². The van der Waals surface area contributed by atoms with E-state index >= 15 is 0 Å². The molecule has 0 unspecified atom stereocenters. The molecule has 7 nitrogen and oxygen atoms in total. The van der Waals surface area contributed by atoms with Crippen molar-refractivity contribution >= 4 is 23.6 Å². The lowest BCUT2D eigenvalue weighted by Gasteiger charge is -2.11. The van der Waals surface area contributed by atoms with Crippen LogP contribution in [0.5, 0.6) is 11.5 Å². The second-order valence-corrected chi connectivity index (χ2v) is 6.25. The highest BCUT2D eigenvalue weighted by atomic mass is 16.7. The molecule has 146 valence electrons. The summed E-state index contributed by atoms with van der Waals surface area (Å²) >= 11 is 0. The van der Waals surface area contributed by atoms with Gasteiger partial charge in [0.05, 0.1) is 17.5 Å². The zero-order chi connectivity index (χ0) is 20.1. The minimum Gasteiger partial charge on any atom is -0.465 e. The molecule has 2 aromatic carbocycles. The summed E-state index contributed by atoms with van der Waals surface area (Å²) in [6.45, 7) is 0.517. The summed E-state index contributed by atoms with van der Waals surface area (Å²) in [5.41, 5.74) is 1.67. The van der Waals surface area contributed by atoms with Gasteiger partial charge < -0.3 is 24.5 Å². The molecule has 0 aliphatic carbocycles. The maximum atomic E-state index is 12.6. The standard InChI is InChI=1S/C22H18N2O5/c25-21(10-8-16-4-3-11-27-16)24-18-6-2-1-5-17(18)22(26)23-13-15-7-9-19-20(12-15)29-14-28-19/h1-12H,13-14H2,(H,23,26)(H,24,25)/b10-8+. The number of hydrogen-bond acceptors (Lipinski definition) is 5. The van der Waals surface area contributed by atoms with E-state index in [0.29, 0.717) is 35.1 Å². The molecular formula is C22H18N2O5. The molecule has 2 N–H and O–H groups in total. The summed E-state index contributed by atoms with van der Waals surface area (Å²) in [5.74, 6) is 1.25. The maximum absolute atomic E-state index is 12.6. The first-order valence-corrected chi connectivity index (χ1v) is 8.97. The molecule has 1 aliphatic heterocycles. The van der Waals surface area contributed by atoms with E-state index in [0.717, 1.165) is 5.56 Å². The van der Waals surface area contributed by atoms with Gasteiger partial charge in [-0.25, -0.2) is 0 Å². The number of fused-ring (bicyclic) bond motifs is 1. The normalized spacial score (nSPS) is 12.1. The number of rotatable bonds is 6. The number of carbonyl (C=O) groups is 2. The van der Waals surface area contributed by atoms with Gasteiger partial charge in [0.15, 0.2) is 11.5 Å². The van der Waals surface area contributed by atoms with Gasteiger partial charge in [-0.2, -0.15) is 0 Å². The Morgan fingerprint density at radius 1 is 1.00 bits per heavy atom. The smallest absolute Gasteiger partial charge is 0.253 e. The molecule has 0 saturated carbocycles. The number of hydrogen-bond donors (Lipinski definition) is 2. The molecule has 7 heteroatoms. The minimum absolute atomic E-state index is 0.201. The number of furan rings is 1. The number of anilines is 1.